The molecule has 1 aliphatic rings. The van der Waals surface area contributed by atoms with Gasteiger partial charge >= 0.3 is 6.18 Å². The summed E-state index contributed by atoms with van der Waals surface area (Å²) in [7, 11) is 1.81. The molecule has 4 rings (SSSR count). The van der Waals surface area contributed by atoms with Gasteiger partial charge in [0.25, 0.3) is 0 Å². The Bertz CT molecular complexity index is 1090. The number of benzene rings is 1. The summed E-state index contributed by atoms with van der Waals surface area (Å²) in [5, 5.41) is 3.15. The van der Waals surface area contributed by atoms with Crippen molar-refractivity contribution < 1.29 is 18.0 Å². The number of nitrogens with zero attached hydrogens (tertiary/aromatic N) is 5. The minimum Gasteiger partial charge on any atom is -0.350 e. The molecule has 0 aliphatic carbocycles. The molecule has 0 fully saturated rings. The molecule has 162 valence electrons. The third kappa shape index (κ3) is 4.18. The number of fused-ring (bicyclic) bond motifs is 1. The predicted molar refractivity (Wildman–Crippen MR) is 111 cm³/mol. The number of hydrogen-bond acceptors (Lipinski definition) is 5. The Morgan fingerprint density at radius 2 is 1.90 bits per heavy atom. The molecule has 10 heteroatoms. The largest absolute Gasteiger partial charge is 0.417 e. The molecule has 0 saturated heterocycles. The summed E-state index contributed by atoms with van der Waals surface area (Å²) in [6.07, 6.45) is -0.276. The van der Waals surface area contributed by atoms with Crippen LogP contribution >= 0.6 is 0 Å². The van der Waals surface area contributed by atoms with E-state index >= 15 is 0 Å². The van der Waals surface area contributed by atoms with Gasteiger partial charge < -0.3 is 19.7 Å². The molecule has 0 saturated carbocycles. The normalized spacial score (nSPS) is 14.0. The highest BCUT2D eigenvalue weighted by atomic mass is 19.4. The van der Waals surface area contributed by atoms with Crippen molar-refractivity contribution in [2.75, 3.05) is 35.3 Å². The average molecular weight is 430 g/mol. The van der Waals surface area contributed by atoms with Gasteiger partial charge in [0.2, 0.25) is 11.9 Å². The number of anilines is 3. The molecular formula is C21H21F3N6O. The van der Waals surface area contributed by atoms with Gasteiger partial charge in [-0.2, -0.15) is 18.2 Å². The van der Waals surface area contributed by atoms with Gasteiger partial charge in [0.15, 0.2) is 5.82 Å². The molecule has 0 radical (unpaired) electrons. The molecule has 7 nitrogen and oxygen atoms in total. The minimum atomic E-state index is -4.36. The lowest BCUT2D eigenvalue weighted by molar-refractivity contribution is -0.137. The van der Waals surface area contributed by atoms with Crippen LogP contribution in [0.25, 0.3) is 5.69 Å². The summed E-state index contributed by atoms with van der Waals surface area (Å²) >= 11 is 0. The van der Waals surface area contributed by atoms with Crippen molar-refractivity contribution in [2.24, 2.45) is 0 Å². The van der Waals surface area contributed by atoms with Crippen molar-refractivity contribution >= 4 is 23.4 Å². The zero-order valence-corrected chi connectivity index (χ0v) is 17.0. The summed E-state index contributed by atoms with van der Waals surface area (Å²) in [4.78, 5) is 24.4. The van der Waals surface area contributed by atoms with Gasteiger partial charge in [0, 0.05) is 38.2 Å². The van der Waals surface area contributed by atoms with Crippen LogP contribution in [-0.2, 0) is 17.5 Å². The quantitative estimate of drug-likeness (QED) is 0.669. The van der Waals surface area contributed by atoms with Crippen molar-refractivity contribution in [1.29, 1.82) is 0 Å². The smallest absolute Gasteiger partial charge is 0.350 e. The van der Waals surface area contributed by atoms with Crippen molar-refractivity contribution in [1.82, 2.24) is 14.5 Å². The molecule has 2 aromatic heterocycles. The average Bonchev–Trinajstić information content (AvgIpc) is 3.24. The van der Waals surface area contributed by atoms with Gasteiger partial charge in [0.1, 0.15) is 5.69 Å². The van der Waals surface area contributed by atoms with E-state index in [1.165, 1.54) is 10.8 Å². The monoisotopic (exact) mass is 430 g/mol. The third-order valence-electron chi connectivity index (χ3n) is 5.10. The van der Waals surface area contributed by atoms with E-state index in [0.717, 1.165) is 17.8 Å². The van der Waals surface area contributed by atoms with Gasteiger partial charge in [0.05, 0.1) is 18.3 Å². The van der Waals surface area contributed by atoms with E-state index in [9.17, 15) is 18.0 Å². The lowest BCUT2D eigenvalue weighted by Crippen LogP contribution is -2.44. The Balaban J connectivity index is 1.45. The second kappa shape index (κ2) is 7.93. The topological polar surface area (TPSA) is 66.3 Å². The number of alkyl halides is 3. The standard InChI is InChI=1S/C21H21F3N6O/c1-3-30-17-11-26-20(27-19(17)28(2)13-18(30)31)25-10-14-4-6-16(7-5-14)29-9-8-15(12-29)21(22,23)24/h4-9,11-12H,3,10,13H2,1-2H3,(H,25,26,27). The first-order chi connectivity index (χ1) is 14.8. The molecular weight excluding hydrogens is 409 g/mol. The van der Waals surface area contributed by atoms with E-state index in [-0.39, 0.29) is 12.5 Å². The zero-order valence-electron chi connectivity index (χ0n) is 17.0. The van der Waals surface area contributed by atoms with Crippen LogP contribution in [0.3, 0.4) is 0 Å². The van der Waals surface area contributed by atoms with E-state index in [1.807, 2.05) is 26.1 Å². The second-order valence-electron chi connectivity index (χ2n) is 7.22. The number of aromatic nitrogens is 3. The Labute approximate surface area is 177 Å². The van der Waals surface area contributed by atoms with Crippen LogP contribution in [0.5, 0.6) is 0 Å². The predicted octanol–water partition coefficient (Wildman–Crippen LogP) is 3.70. The summed E-state index contributed by atoms with van der Waals surface area (Å²) in [6, 6.07) is 8.22. The number of carbonyl (C=O) groups excluding carboxylic acids is 1. The minimum absolute atomic E-state index is 0.00643. The number of likely N-dealkylation sites (N-methyl/N-ethyl adjacent to an activating group) is 2. The molecule has 0 spiro atoms. The Hall–Kier alpha value is -3.56. The highest BCUT2D eigenvalue weighted by Crippen LogP contribution is 2.31. The Morgan fingerprint density at radius 3 is 2.55 bits per heavy atom. The van der Waals surface area contributed by atoms with Crippen molar-refractivity contribution in [3.05, 3.63) is 60.0 Å². The molecule has 31 heavy (non-hydrogen) atoms. The van der Waals surface area contributed by atoms with Crippen LogP contribution in [0.4, 0.5) is 30.6 Å². The van der Waals surface area contributed by atoms with Crippen molar-refractivity contribution in [3.8, 4) is 5.69 Å². The van der Waals surface area contributed by atoms with E-state index in [4.69, 9.17) is 0 Å². The third-order valence-corrected chi connectivity index (χ3v) is 5.10. The Morgan fingerprint density at radius 1 is 1.16 bits per heavy atom. The number of carbonyl (C=O) groups is 1. The zero-order chi connectivity index (χ0) is 22.2. The maximum Gasteiger partial charge on any atom is 0.417 e. The number of nitrogens with one attached hydrogen (secondary N) is 1. The first kappa shape index (κ1) is 20.7. The lowest BCUT2D eigenvalue weighted by atomic mass is 10.2. The van der Waals surface area contributed by atoms with E-state index in [0.29, 0.717) is 36.2 Å². The molecule has 1 aliphatic heterocycles. The molecule has 0 unspecified atom stereocenters. The van der Waals surface area contributed by atoms with Crippen LogP contribution in [0, 0.1) is 0 Å². The number of amides is 1. The SMILES string of the molecule is CCN1C(=O)CN(C)c2nc(NCc3ccc(-n4ccc(C(F)(F)F)c4)cc3)ncc21. The highest BCUT2D eigenvalue weighted by molar-refractivity contribution is 6.02. The fourth-order valence-electron chi connectivity index (χ4n) is 3.46. The molecule has 0 bridgehead atoms. The van der Waals surface area contributed by atoms with E-state index in [1.54, 1.807) is 28.1 Å². The van der Waals surface area contributed by atoms with Crippen molar-refractivity contribution in [2.45, 2.75) is 19.6 Å². The van der Waals surface area contributed by atoms with Gasteiger partial charge in [-0.05, 0) is 30.7 Å². The lowest BCUT2D eigenvalue weighted by Gasteiger charge is -2.33. The van der Waals surface area contributed by atoms with E-state index < -0.39 is 11.7 Å². The molecule has 1 amide bonds. The van der Waals surface area contributed by atoms with Gasteiger partial charge in [-0.15, -0.1) is 0 Å². The summed E-state index contributed by atoms with van der Waals surface area (Å²) in [5.74, 6) is 1.12. The van der Waals surface area contributed by atoms with Crippen LogP contribution < -0.4 is 15.1 Å². The summed E-state index contributed by atoms with van der Waals surface area (Å²) in [5.41, 5.74) is 1.56. The fourth-order valence-corrected chi connectivity index (χ4v) is 3.46. The molecule has 1 aromatic carbocycles. The fraction of sp³-hybridized carbons (Fsp3) is 0.286. The van der Waals surface area contributed by atoms with Crippen LogP contribution in [-0.4, -0.2) is 40.6 Å². The molecule has 1 N–H and O–H groups in total. The maximum atomic E-state index is 12.8. The summed E-state index contributed by atoms with van der Waals surface area (Å²) in [6.45, 7) is 3.15. The van der Waals surface area contributed by atoms with Crippen LogP contribution in [0.2, 0.25) is 0 Å². The van der Waals surface area contributed by atoms with Gasteiger partial charge in [-0.1, -0.05) is 12.1 Å². The second-order valence-corrected chi connectivity index (χ2v) is 7.22. The number of rotatable bonds is 5. The maximum absolute atomic E-state index is 12.8. The Kier molecular flexibility index (Phi) is 5.30. The van der Waals surface area contributed by atoms with Crippen molar-refractivity contribution in [3.63, 3.8) is 0 Å². The highest BCUT2D eigenvalue weighted by Gasteiger charge is 2.31. The molecule has 3 heterocycles. The number of halogens is 3. The number of hydrogen-bond donors (Lipinski definition) is 1. The first-order valence-corrected chi connectivity index (χ1v) is 9.73. The van der Waals surface area contributed by atoms with Gasteiger partial charge in [-0.3, -0.25) is 4.79 Å². The first-order valence-electron chi connectivity index (χ1n) is 9.73. The molecule has 0 atom stereocenters. The molecule has 3 aromatic rings. The summed E-state index contributed by atoms with van der Waals surface area (Å²) < 4.78 is 39.8. The van der Waals surface area contributed by atoms with Gasteiger partial charge in [-0.25, -0.2) is 4.98 Å². The van der Waals surface area contributed by atoms with E-state index in [2.05, 4.69) is 15.3 Å². The van der Waals surface area contributed by atoms with Crippen LogP contribution in [0.15, 0.2) is 48.9 Å². The van der Waals surface area contributed by atoms with Crippen LogP contribution in [0.1, 0.15) is 18.1 Å².